The van der Waals surface area contributed by atoms with E-state index in [9.17, 15) is 0 Å². The average molecular weight is 274 g/mol. The summed E-state index contributed by atoms with van der Waals surface area (Å²) in [6.07, 6.45) is 3.33. The molecule has 0 aliphatic heterocycles. The molecule has 1 unspecified atom stereocenters. The molecule has 0 aliphatic carbocycles. The fraction of sp³-hybridized carbons (Fsp3) is 0.438. The van der Waals surface area contributed by atoms with Gasteiger partial charge in [0.15, 0.2) is 0 Å². The minimum atomic E-state index is 0.559. The Labute approximate surface area is 119 Å². The first-order valence-corrected chi connectivity index (χ1v) is 7.71. The van der Waals surface area contributed by atoms with Crippen molar-refractivity contribution < 1.29 is 0 Å². The Kier molecular flexibility index (Phi) is 5.11. The first-order valence-electron chi connectivity index (χ1n) is 6.83. The van der Waals surface area contributed by atoms with Crippen LogP contribution in [0.4, 0.5) is 0 Å². The molecule has 0 saturated heterocycles. The topological polar surface area (TPSA) is 38.9 Å². The van der Waals surface area contributed by atoms with Gasteiger partial charge in [-0.1, -0.05) is 29.8 Å². The highest BCUT2D eigenvalue weighted by molar-refractivity contribution is 7.09. The molecule has 0 radical (unpaired) electrons. The molecule has 0 fully saturated rings. The van der Waals surface area contributed by atoms with Crippen LogP contribution in [-0.2, 0) is 12.8 Å². The van der Waals surface area contributed by atoms with Crippen molar-refractivity contribution in [3.05, 3.63) is 51.5 Å². The van der Waals surface area contributed by atoms with E-state index < -0.39 is 0 Å². The number of benzene rings is 1. The monoisotopic (exact) mass is 274 g/mol. The van der Waals surface area contributed by atoms with Gasteiger partial charge in [-0.3, -0.25) is 0 Å². The number of aryl methyl sites for hydroxylation is 3. The van der Waals surface area contributed by atoms with Crippen LogP contribution in [0, 0.1) is 19.8 Å². The van der Waals surface area contributed by atoms with E-state index in [2.05, 4.69) is 43.1 Å². The summed E-state index contributed by atoms with van der Waals surface area (Å²) in [5, 5.41) is 0. The van der Waals surface area contributed by atoms with Crippen LogP contribution >= 0.6 is 11.3 Å². The predicted molar refractivity (Wildman–Crippen MR) is 82.6 cm³/mol. The minimum absolute atomic E-state index is 0.559. The summed E-state index contributed by atoms with van der Waals surface area (Å²) in [6.45, 7) is 4.98. The van der Waals surface area contributed by atoms with E-state index in [0.717, 1.165) is 25.8 Å². The molecule has 0 amide bonds. The number of hydrogen-bond donors (Lipinski definition) is 1. The van der Waals surface area contributed by atoms with Crippen molar-refractivity contribution in [1.82, 2.24) is 4.98 Å². The Balaban J connectivity index is 1.92. The molecule has 0 aliphatic rings. The molecule has 3 heteroatoms. The third-order valence-corrected chi connectivity index (χ3v) is 4.56. The van der Waals surface area contributed by atoms with E-state index >= 15 is 0 Å². The maximum absolute atomic E-state index is 5.92. The standard InChI is InChI=1S/C16H22N2S/c1-12-4-3-5-14(8-12)9-15(10-17)6-7-16-13(2)18-11-19-16/h3-5,8,11,15H,6-7,9-10,17H2,1-2H3. The molecule has 0 bridgehead atoms. The van der Waals surface area contributed by atoms with Crippen molar-refractivity contribution in [2.45, 2.75) is 33.1 Å². The quantitative estimate of drug-likeness (QED) is 0.875. The Morgan fingerprint density at radius 2 is 2.16 bits per heavy atom. The van der Waals surface area contributed by atoms with Gasteiger partial charge in [0.1, 0.15) is 0 Å². The van der Waals surface area contributed by atoms with Crippen LogP contribution in [0.1, 0.15) is 28.1 Å². The zero-order valence-corrected chi connectivity index (χ0v) is 12.5. The van der Waals surface area contributed by atoms with E-state index in [0.29, 0.717) is 5.92 Å². The molecule has 102 valence electrons. The van der Waals surface area contributed by atoms with Gasteiger partial charge in [-0.05, 0) is 51.1 Å². The molecule has 2 nitrogen and oxygen atoms in total. The van der Waals surface area contributed by atoms with Gasteiger partial charge in [-0.25, -0.2) is 4.98 Å². The maximum Gasteiger partial charge on any atom is 0.0797 e. The lowest BCUT2D eigenvalue weighted by atomic mass is 9.94. The largest absolute Gasteiger partial charge is 0.330 e. The van der Waals surface area contributed by atoms with Gasteiger partial charge in [0, 0.05) is 4.88 Å². The second-order valence-corrected chi connectivity index (χ2v) is 6.13. The Morgan fingerprint density at radius 3 is 2.79 bits per heavy atom. The number of nitrogens with zero attached hydrogens (tertiary/aromatic N) is 1. The van der Waals surface area contributed by atoms with Crippen molar-refractivity contribution in [2.75, 3.05) is 6.54 Å². The highest BCUT2D eigenvalue weighted by atomic mass is 32.1. The average Bonchev–Trinajstić information content (AvgIpc) is 2.80. The SMILES string of the molecule is Cc1cccc(CC(CN)CCc2scnc2C)c1. The number of thiazole rings is 1. The summed E-state index contributed by atoms with van der Waals surface area (Å²) in [5.41, 5.74) is 11.8. The van der Waals surface area contributed by atoms with E-state index in [4.69, 9.17) is 5.73 Å². The maximum atomic E-state index is 5.92. The van der Waals surface area contributed by atoms with E-state index in [1.165, 1.54) is 21.7 Å². The molecule has 1 aromatic heterocycles. The van der Waals surface area contributed by atoms with Crippen LogP contribution in [0.25, 0.3) is 0 Å². The number of rotatable bonds is 6. The van der Waals surface area contributed by atoms with Crippen LogP contribution in [0.15, 0.2) is 29.8 Å². The van der Waals surface area contributed by atoms with Crippen molar-refractivity contribution in [3.8, 4) is 0 Å². The third kappa shape index (κ3) is 4.15. The molecule has 2 N–H and O–H groups in total. The number of hydrogen-bond acceptors (Lipinski definition) is 3. The van der Waals surface area contributed by atoms with Crippen molar-refractivity contribution >= 4 is 11.3 Å². The van der Waals surface area contributed by atoms with Gasteiger partial charge < -0.3 is 5.73 Å². The lowest BCUT2D eigenvalue weighted by molar-refractivity contribution is 0.495. The van der Waals surface area contributed by atoms with Crippen LogP contribution < -0.4 is 5.73 Å². The van der Waals surface area contributed by atoms with Crippen LogP contribution in [0.3, 0.4) is 0 Å². The number of aromatic nitrogens is 1. The summed E-state index contributed by atoms with van der Waals surface area (Å²) in [4.78, 5) is 5.71. The highest BCUT2D eigenvalue weighted by Crippen LogP contribution is 2.19. The second-order valence-electron chi connectivity index (χ2n) is 5.19. The highest BCUT2D eigenvalue weighted by Gasteiger charge is 2.10. The second kappa shape index (κ2) is 6.83. The number of nitrogens with two attached hydrogens (primary N) is 1. The van der Waals surface area contributed by atoms with Crippen molar-refractivity contribution in [1.29, 1.82) is 0 Å². The first kappa shape index (κ1) is 14.2. The van der Waals surface area contributed by atoms with Gasteiger partial charge in [-0.2, -0.15) is 0 Å². The Hall–Kier alpha value is -1.19. The summed E-state index contributed by atoms with van der Waals surface area (Å²) < 4.78 is 0. The smallest absolute Gasteiger partial charge is 0.0797 e. The van der Waals surface area contributed by atoms with Crippen molar-refractivity contribution in [2.24, 2.45) is 11.7 Å². The van der Waals surface area contributed by atoms with Gasteiger partial charge in [0.2, 0.25) is 0 Å². The molecular formula is C16H22N2S. The Bertz CT molecular complexity index is 519. The summed E-state index contributed by atoms with van der Waals surface area (Å²) in [7, 11) is 0. The van der Waals surface area contributed by atoms with E-state index in [1.807, 2.05) is 5.51 Å². The molecule has 1 heterocycles. The van der Waals surface area contributed by atoms with Gasteiger partial charge >= 0.3 is 0 Å². The zero-order valence-electron chi connectivity index (χ0n) is 11.7. The van der Waals surface area contributed by atoms with Crippen LogP contribution in [0.5, 0.6) is 0 Å². The van der Waals surface area contributed by atoms with Gasteiger partial charge in [0.25, 0.3) is 0 Å². The first-order chi connectivity index (χ1) is 9.19. The molecule has 1 aromatic carbocycles. The molecule has 0 saturated carbocycles. The van der Waals surface area contributed by atoms with E-state index in [1.54, 1.807) is 11.3 Å². The fourth-order valence-corrected chi connectivity index (χ4v) is 3.17. The lowest BCUT2D eigenvalue weighted by Crippen LogP contribution is -2.17. The summed E-state index contributed by atoms with van der Waals surface area (Å²) >= 11 is 1.76. The van der Waals surface area contributed by atoms with Crippen LogP contribution in [-0.4, -0.2) is 11.5 Å². The Morgan fingerprint density at radius 1 is 1.32 bits per heavy atom. The molecule has 2 rings (SSSR count). The zero-order chi connectivity index (χ0) is 13.7. The summed E-state index contributed by atoms with van der Waals surface area (Å²) in [6, 6.07) is 8.74. The van der Waals surface area contributed by atoms with Gasteiger partial charge in [0.05, 0.1) is 11.2 Å². The predicted octanol–water partition coefficient (Wildman–Crippen LogP) is 3.51. The third-order valence-electron chi connectivity index (χ3n) is 3.56. The molecule has 1 atom stereocenters. The van der Waals surface area contributed by atoms with E-state index in [-0.39, 0.29) is 0 Å². The minimum Gasteiger partial charge on any atom is -0.330 e. The lowest BCUT2D eigenvalue weighted by Gasteiger charge is -2.14. The molecule has 0 spiro atoms. The normalized spacial score (nSPS) is 12.6. The summed E-state index contributed by atoms with van der Waals surface area (Å²) in [5.74, 6) is 0.559. The fourth-order valence-electron chi connectivity index (χ4n) is 2.38. The molecule has 19 heavy (non-hydrogen) atoms. The van der Waals surface area contributed by atoms with Crippen LogP contribution in [0.2, 0.25) is 0 Å². The van der Waals surface area contributed by atoms with Crippen molar-refractivity contribution in [3.63, 3.8) is 0 Å². The van der Waals surface area contributed by atoms with Gasteiger partial charge in [-0.15, -0.1) is 11.3 Å². The molecule has 2 aromatic rings. The molecular weight excluding hydrogens is 252 g/mol.